The van der Waals surface area contributed by atoms with Crippen LogP contribution in [-0.2, 0) is 4.79 Å². The molecule has 0 saturated carbocycles. The number of carbonyl (C=O) groups excluding carboxylic acids is 2. The summed E-state index contributed by atoms with van der Waals surface area (Å²) in [5, 5.41) is 5.54. The van der Waals surface area contributed by atoms with Crippen LogP contribution >= 0.6 is 0 Å². The van der Waals surface area contributed by atoms with Crippen LogP contribution < -0.4 is 10.6 Å². The largest absolute Gasteiger partial charge is 0.352 e. The second-order valence-electron chi connectivity index (χ2n) is 3.47. The van der Waals surface area contributed by atoms with Crippen molar-refractivity contribution in [3.63, 3.8) is 0 Å². The molecule has 0 aromatic rings. The molecule has 1 aliphatic rings. The summed E-state index contributed by atoms with van der Waals surface area (Å²) in [6.45, 7) is 5.36. The molecule has 0 aromatic heterocycles. The maximum Gasteiger partial charge on any atom is 0.317 e. The highest BCUT2D eigenvalue weighted by Crippen LogP contribution is 2.08. The monoisotopic (exact) mass is 199 g/mol. The molecule has 1 unspecified atom stereocenters. The molecule has 1 rings (SSSR count). The van der Waals surface area contributed by atoms with Crippen molar-refractivity contribution in [2.24, 2.45) is 0 Å². The van der Waals surface area contributed by atoms with E-state index in [9.17, 15) is 9.59 Å². The number of carbonyl (C=O) groups is 2. The van der Waals surface area contributed by atoms with Gasteiger partial charge in [0.15, 0.2) is 0 Å². The van der Waals surface area contributed by atoms with Gasteiger partial charge >= 0.3 is 6.03 Å². The zero-order valence-corrected chi connectivity index (χ0v) is 8.67. The summed E-state index contributed by atoms with van der Waals surface area (Å²) < 4.78 is 0. The third-order valence-electron chi connectivity index (χ3n) is 2.21. The number of hydrogen-bond donors (Lipinski definition) is 2. The van der Waals surface area contributed by atoms with E-state index in [0.717, 1.165) is 13.0 Å². The van der Waals surface area contributed by atoms with Gasteiger partial charge in [-0.25, -0.2) is 4.79 Å². The number of amides is 3. The Balaban J connectivity index is 2.33. The summed E-state index contributed by atoms with van der Waals surface area (Å²) in [5.74, 6) is -0.0345. The maximum atomic E-state index is 11.4. The molecular weight excluding hydrogens is 182 g/mol. The molecule has 1 aliphatic heterocycles. The highest BCUT2D eigenvalue weighted by molar-refractivity contribution is 5.75. The van der Waals surface area contributed by atoms with Gasteiger partial charge in [0.1, 0.15) is 0 Å². The van der Waals surface area contributed by atoms with E-state index < -0.39 is 0 Å². The van der Waals surface area contributed by atoms with Crippen LogP contribution in [0, 0.1) is 0 Å². The summed E-state index contributed by atoms with van der Waals surface area (Å²) in [7, 11) is 0. The van der Waals surface area contributed by atoms with Crippen molar-refractivity contribution in [1.82, 2.24) is 15.5 Å². The van der Waals surface area contributed by atoms with Gasteiger partial charge in [0, 0.05) is 32.6 Å². The molecule has 0 aromatic carbocycles. The molecule has 0 radical (unpaired) electrons. The van der Waals surface area contributed by atoms with E-state index in [0.29, 0.717) is 13.1 Å². The topological polar surface area (TPSA) is 61.4 Å². The van der Waals surface area contributed by atoms with Crippen LogP contribution in [-0.4, -0.2) is 42.5 Å². The van der Waals surface area contributed by atoms with Gasteiger partial charge in [-0.2, -0.15) is 0 Å². The Kier molecular flexibility index (Phi) is 3.73. The van der Waals surface area contributed by atoms with Crippen molar-refractivity contribution < 1.29 is 9.59 Å². The summed E-state index contributed by atoms with van der Waals surface area (Å²) in [4.78, 5) is 23.9. The quantitative estimate of drug-likeness (QED) is 0.653. The number of nitrogens with one attached hydrogen (secondary N) is 2. The minimum absolute atomic E-state index is 0.0345. The first-order chi connectivity index (χ1) is 6.63. The zero-order chi connectivity index (χ0) is 10.6. The fraction of sp³-hybridized carbons (Fsp3) is 0.778. The lowest BCUT2D eigenvalue weighted by Gasteiger charge is -2.16. The van der Waals surface area contributed by atoms with Gasteiger partial charge < -0.3 is 15.5 Å². The molecule has 1 fully saturated rings. The lowest BCUT2D eigenvalue weighted by Crippen LogP contribution is -2.41. The SMILES string of the molecule is CCNC(=O)N1CCC(NC(C)=O)C1. The number of hydrogen-bond acceptors (Lipinski definition) is 2. The first-order valence-electron chi connectivity index (χ1n) is 4.93. The van der Waals surface area contributed by atoms with Crippen molar-refractivity contribution in [2.75, 3.05) is 19.6 Å². The van der Waals surface area contributed by atoms with E-state index in [2.05, 4.69) is 10.6 Å². The Bertz CT molecular complexity index is 230. The van der Waals surface area contributed by atoms with Crippen LogP contribution in [0.5, 0.6) is 0 Å². The Morgan fingerprint density at radius 1 is 1.50 bits per heavy atom. The van der Waals surface area contributed by atoms with Crippen LogP contribution in [0.15, 0.2) is 0 Å². The van der Waals surface area contributed by atoms with Crippen molar-refractivity contribution in [2.45, 2.75) is 26.3 Å². The molecule has 5 heteroatoms. The van der Waals surface area contributed by atoms with Crippen molar-refractivity contribution in [1.29, 1.82) is 0 Å². The molecule has 0 aliphatic carbocycles. The number of nitrogens with zero attached hydrogens (tertiary/aromatic N) is 1. The molecule has 14 heavy (non-hydrogen) atoms. The van der Waals surface area contributed by atoms with E-state index in [1.807, 2.05) is 6.92 Å². The van der Waals surface area contributed by atoms with Gasteiger partial charge in [-0.05, 0) is 13.3 Å². The zero-order valence-electron chi connectivity index (χ0n) is 8.67. The maximum absolute atomic E-state index is 11.4. The van der Waals surface area contributed by atoms with E-state index in [1.54, 1.807) is 4.90 Å². The average molecular weight is 199 g/mol. The minimum atomic E-state index is -0.0413. The van der Waals surface area contributed by atoms with Crippen molar-refractivity contribution in [3.05, 3.63) is 0 Å². The normalized spacial score (nSPS) is 20.7. The van der Waals surface area contributed by atoms with Crippen molar-refractivity contribution in [3.8, 4) is 0 Å². The predicted octanol–water partition coefficient (Wildman–Crippen LogP) is -0.0737. The van der Waals surface area contributed by atoms with Crippen LogP contribution in [0.2, 0.25) is 0 Å². The minimum Gasteiger partial charge on any atom is -0.352 e. The summed E-state index contributed by atoms with van der Waals surface area (Å²) >= 11 is 0. The molecule has 0 bridgehead atoms. The second kappa shape index (κ2) is 4.83. The molecule has 5 nitrogen and oxygen atoms in total. The van der Waals surface area contributed by atoms with Crippen LogP contribution in [0.4, 0.5) is 4.79 Å². The Hall–Kier alpha value is -1.26. The lowest BCUT2D eigenvalue weighted by molar-refractivity contribution is -0.119. The highest BCUT2D eigenvalue weighted by Gasteiger charge is 2.25. The average Bonchev–Trinajstić information content (AvgIpc) is 2.52. The predicted molar refractivity (Wildman–Crippen MR) is 52.9 cm³/mol. The molecule has 1 saturated heterocycles. The fourth-order valence-corrected chi connectivity index (χ4v) is 1.61. The molecule has 3 amide bonds. The molecule has 1 heterocycles. The summed E-state index contributed by atoms with van der Waals surface area (Å²) in [6.07, 6.45) is 0.844. The van der Waals surface area contributed by atoms with Gasteiger partial charge in [0.2, 0.25) is 5.91 Å². The molecule has 0 spiro atoms. The van der Waals surface area contributed by atoms with E-state index in [4.69, 9.17) is 0 Å². The van der Waals surface area contributed by atoms with Gasteiger partial charge in [-0.3, -0.25) is 4.79 Å². The second-order valence-corrected chi connectivity index (χ2v) is 3.47. The molecule has 2 N–H and O–H groups in total. The first kappa shape index (κ1) is 10.8. The number of likely N-dealkylation sites (tertiary alicyclic amines) is 1. The van der Waals surface area contributed by atoms with Gasteiger partial charge in [-0.1, -0.05) is 0 Å². The molecule has 80 valence electrons. The number of rotatable bonds is 2. The van der Waals surface area contributed by atoms with Crippen molar-refractivity contribution >= 4 is 11.9 Å². The first-order valence-corrected chi connectivity index (χ1v) is 4.93. The van der Waals surface area contributed by atoms with E-state index >= 15 is 0 Å². The third kappa shape index (κ3) is 2.90. The fourth-order valence-electron chi connectivity index (χ4n) is 1.61. The van der Waals surface area contributed by atoms with Gasteiger partial charge in [0.25, 0.3) is 0 Å². The Morgan fingerprint density at radius 3 is 2.79 bits per heavy atom. The smallest absolute Gasteiger partial charge is 0.317 e. The molecular formula is C9H17N3O2. The van der Waals surface area contributed by atoms with E-state index in [-0.39, 0.29) is 18.0 Å². The standard InChI is InChI=1S/C9H17N3O2/c1-3-10-9(14)12-5-4-8(6-12)11-7(2)13/h8H,3-6H2,1-2H3,(H,10,14)(H,11,13). The lowest BCUT2D eigenvalue weighted by atomic mass is 10.3. The van der Waals surface area contributed by atoms with Crippen LogP contribution in [0.3, 0.4) is 0 Å². The highest BCUT2D eigenvalue weighted by atomic mass is 16.2. The number of urea groups is 1. The summed E-state index contributed by atoms with van der Waals surface area (Å²) in [6, 6.07) is 0.0791. The molecule has 1 atom stereocenters. The Morgan fingerprint density at radius 2 is 2.21 bits per heavy atom. The van der Waals surface area contributed by atoms with Crippen LogP contribution in [0.25, 0.3) is 0 Å². The van der Waals surface area contributed by atoms with E-state index in [1.165, 1.54) is 6.92 Å². The Labute approximate surface area is 83.8 Å². The summed E-state index contributed by atoms with van der Waals surface area (Å²) in [5.41, 5.74) is 0. The van der Waals surface area contributed by atoms with Gasteiger partial charge in [0.05, 0.1) is 0 Å². The van der Waals surface area contributed by atoms with Crippen LogP contribution in [0.1, 0.15) is 20.3 Å². The third-order valence-corrected chi connectivity index (χ3v) is 2.21. The van der Waals surface area contributed by atoms with Gasteiger partial charge in [-0.15, -0.1) is 0 Å².